The van der Waals surface area contributed by atoms with Gasteiger partial charge in [-0.1, -0.05) is 0 Å². The van der Waals surface area contributed by atoms with Gasteiger partial charge in [0, 0.05) is 47.6 Å². The standard InChI is InChI=1S/C15H34N2S4/c1-16(2)6-10-20-14-12-18-8-5-9-19-13-15-21-11-7-17(3)4/h5-15H2,1-4H3. The van der Waals surface area contributed by atoms with Crippen LogP contribution in [-0.4, -0.2) is 97.1 Å². The number of rotatable bonds is 16. The second-order valence-corrected chi connectivity index (χ2v) is 10.3. The van der Waals surface area contributed by atoms with Crippen molar-refractivity contribution in [2.45, 2.75) is 6.42 Å². The van der Waals surface area contributed by atoms with Crippen LogP contribution in [0.5, 0.6) is 0 Å². The smallest absolute Gasteiger partial charge is 0.00662 e. The maximum absolute atomic E-state index is 2.26. The molecule has 0 aromatic rings. The van der Waals surface area contributed by atoms with Crippen LogP contribution in [0.2, 0.25) is 0 Å². The van der Waals surface area contributed by atoms with Crippen molar-refractivity contribution in [3.05, 3.63) is 0 Å². The number of hydrogen-bond donors (Lipinski definition) is 0. The summed E-state index contributed by atoms with van der Waals surface area (Å²) in [6, 6.07) is 0. The topological polar surface area (TPSA) is 6.48 Å². The molecule has 0 N–H and O–H groups in total. The van der Waals surface area contributed by atoms with Gasteiger partial charge >= 0.3 is 0 Å². The van der Waals surface area contributed by atoms with E-state index in [4.69, 9.17) is 0 Å². The van der Waals surface area contributed by atoms with Gasteiger partial charge in [0.25, 0.3) is 0 Å². The monoisotopic (exact) mass is 370 g/mol. The molecule has 0 aliphatic rings. The largest absolute Gasteiger partial charge is 0.309 e. The third-order valence-electron chi connectivity index (χ3n) is 2.69. The van der Waals surface area contributed by atoms with Crippen molar-refractivity contribution >= 4 is 47.0 Å². The molecule has 0 atom stereocenters. The van der Waals surface area contributed by atoms with Crippen molar-refractivity contribution < 1.29 is 0 Å². The average Bonchev–Trinajstić information content (AvgIpc) is 2.42. The summed E-state index contributed by atoms with van der Waals surface area (Å²) in [4.78, 5) is 4.52. The lowest BCUT2D eigenvalue weighted by Crippen LogP contribution is -2.15. The summed E-state index contributed by atoms with van der Waals surface area (Å²) in [7, 11) is 8.59. The lowest BCUT2D eigenvalue weighted by molar-refractivity contribution is 0.437. The summed E-state index contributed by atoms with van der Waals surface area (Å²) < 4.78 is 0. The molecule has 0 fully saturated rings. The molecule has 21 heavy (non-hydrogen) atoms. The molecule has 0 amide bonds. The summed E-state index contributed by atoms with van der Waals surface area (Å²) in [5.41, 5.74) is 0. The second kappa shape index (κ2) is 17.7. The Morgan fingerprint density at radius 3 is 1.14 bits per heavy atom. The zero-order valence-electron chi connectivity index (χ0n) is 14.3. The minimum absolute atomic E-state index is 1.21. The third kappa shape index (κ3) is 21.3. The van der Waals surface area contributed by atoms with E-state index in [1.54, 1.807) is 0 Å². The fourth-order valence-electron chi connectivity index (χ4n) is 1.40. The van der Waals surface area contributed by atoms with Crippen LogP contribution >= 0.6 is 47.0 Å². The minimum atomic E-state index is 1.21. The van der Waals surface area contributed by atoms with E-state index in [0.29, 0.717) is 0 Å². The number of thioether (sulfide) groups is 4. The minimum Gasteiger partial charge on any atom is -0.309 e. The SMILES string of the molecule is CN(C)CCSCCSCCCSCCSCCN(C)C. The van der Waals surface area contributed by atoms with Crippen molar-refractivity contribution in [1.82, 2.24) is 9.80 Å². The van der Waals surface area contributed by atoms with Crippen LogP contribution in [0.25, 0.3) is 0 Å². The highest BCUT2D eigenvalue weighted by molar-refractivity contribution is 8.03. The van der Waals surface area contributed by atoms with Crippen molar-refractivity contribution in [2.75, 3.05) is 87.3 Å². The molecule has 0 aliphatic carbocycles. The van der Waals surface area contributed by atoms with Crippen LogP contribution < -0.4 is 0 Å². The second-order valence-electron chi connectivity index (χ2n) is 5.41. The third-order valence-corrected chi connectivity index (χ3v) is 7.27. The molecule has 0 saturated heterocycles. The van der Waals surface area contributed by atoms with Gasteiger partial charge in [-0.2, -0.15) is 47.0 Å². The van der Waals surface area contributed by atoms with Gasteiger partial charge in [0.05, 0.1) is 0 Å². The van der Waals surface area contributed by atoms with Crippen LogP contribution in [0.15, 0.2) is 0 Å². The van der Waals surface area contributed by atoms with Crippen molar-refractivity contribution in [1.29, 1.82) is 0 Å². The summed E-state index contributed by atoms with van der Waals surface area (Å²) in [6.07, 6.45) is 1.38. The van der Waals surface area contributed by atoms with Crippen LogP contribution in [0.1, 0.15) is 6.42 Å². The fraction of sp³-hybridized carbons (Fsp3) is 1.00. The Hall–Kier alpha value is 1.32. The van der Waals surface area contributed by atoms with Crippen LogP contribution in [0, 0.1) is 0 Å². The van der Waals surface area contributed by atoms with Gasteiger partial charge in [-0.25, -0.2) is 0 Å². The quantitative estimate of drug-likeness (QED) is 0.381. The van der Waals surface area contributed by atoms with E-state index < -0.39 is 0 Å². The van der Waals surface area contributed by atoms with E-state index in [1.165, 1.54) is 65.5 Å². The van der Waals surface area contributed by atoms with Crippen molar-refractivity contribution in [3.63, 3.8) is 0 Å². The first kappa shape index (κ1) is 22.3. The molecule has 0 rings (SSSR count). The van der Waals surface area contributed by atoms with Crippen molar-refractivity contribution in [3.8, 4) is 0 Å². The number of hydrogen-bond acceptors (Lipinski definition) is 6. The van der Waals surface area contributed by atoms with E-state index in [0.717, 1.165) is 0 Å². The van der Waals surface area contributed by atoms with Crippen LogP contribution in [0.3, 0.4) is 0 Å². The first-order chi connectivity index (χ1) is 10.1. The molecule has 0 spiro atoms. The highest BCUT2D eigenvalue weighted by Gasteiger charge is 1.95. The van der Waals surface area contributed by atoms with Gasteiger partial charge in [-0.05, 0) is 46.1 Å². The molecule has 0 saturated carbocycles. The van der Waals surface area contributed by atoms with Crippen LogP contribution in [0.4, 0.5) is 0 Å². The van der Waals surface area contributed by atoms with E-state index >= 15 is 0 Å². The Morgan fingerprint density at radius 2 is 0.810 bits per heavy atom. The molecule has 0 heterocycles. The van der Waals surface area contributed by atoms with Gasteiger partial charge < -0.3 is 9.80 Å². The molecule has 0 aromatic heterocycles. The van der Waals surface area contributed by atoms with Gasteiger partial charge in [0.15, 0.2) is 0 Å². The zero-order valence-corrected chi connectivity index (χ0v) is 17.6. The van der Waals surface area contributed by atoms with Gasteiger partial charge in [-0.15, -0.1) is 0 Å². The molecule has 0 bridgehead atoms. The predicted octanol–water partition coefficient (Wildman–Crippen LogP) is 3.43. The van der Waals surface area contributed by atoms with E-state index in [1.807, 2.05) is 0 Å². The lowest BCUT2D eigenvalue weighted by atomic mass is 10.6. The molecule has 2 nitrogen and oxygen atoms in total. The summed E-state index contributed by atoms with van der Waals surface area (Å²) in [6.45, 7) is 2.41. The molecular weight excluding hydrogens is 336 g/mol. The maximum atomic E-state index is 2.26. The molecule has 6 heteroatoms. The van der Waals surface area contributed by atoms with Gasteiger partial charge in [-0.3, -0.25) is 0 Å². The molecule has 0 aromatic carbocycles. The highest BCUT2D eigenvalue weighted by atomic mass is 32.2. The Bertz CT molecular complexity index is 184. The molecule has 128 valence electrons. The van der Waals surface area contributed by atoms with Gasteiger partial charge in [0.2, 0.25) is 0 Å². The highest BCUT2D eigenvalue weighted by Crippen LogP contribution is 2.12. The fourth-order valence-corrected chi connectivity index (χ4v) is 5.97. The average molecular weight is 371 g/mol. The van der Waals surface area contributed by atoms with Crippen LogP contribution in [-0.2, 0) is 0 Å². The molecule has 0 aliphatic heterocycles. The normalized spacial score (nSPS) is 11.7. The Balaban J connectivity index is 2.96. The summed E-state index contributed by atoms with van der Waals surface area (Å²) in [5, 5.41) is 0. The summed E-state index contributed by atoms with van der Waals surface area (Å²) >= 11 is 8.44. The Morgan fingerprint density at radius 1 is 0.476 bits per heavy atom. The molecule has 0 unspecified atom stereocenters. The Kier molecular flexibility index (Phi) is 18.8. The Labute approximate surface area is 150 Å². The van der Waals surface area contributed by atoms with E-state index in [2.05, 4.69) is 85.0 Å². The first-order valence-electron chi connectivity index (χ1n) is 7.73. The van der Waals surface area contributed by atoms with Crippen molar-refractivity contribution in [2.24, 2.45) is 0 Å². The van der Waals surface area contributed by atoms with Gasteiger partial charge in [0.1, 0.15) is 0 Å². The molecular formula is C15H34N2S4. The zero-order chi connectivity index (χ0) is 15.8. The van der Waals surface area contributed by atoms with E-state index in [-0.39, 0.29) is 0 Å². The predicted molar refractivity (Wildman–Crippen MR) is 111 cm³/mol. The molecule has 0 radical (unpaired) electrons. The maximum Gasteiger partial charge on any atom is 0.00662 e. The number of nitrogens with zero attached hydrogens (tertiary/aromatic N) is 2. The summed E-state index contributed by atoms with van der Waals surface area (Å²) in [5.74, 6) is 10.5. The lowest BCUT2D eigenvalue weighted by Gasteiger charge is -2.08. The first-order valence-corrected chi connectivity index (χ1v) is 12.3. The van der Waals surface area contributed by atoms with E-state index in [9.17, 15) is 0 Å².